The van der Waals surface area contributed by atoms with Gasteiger partial charge in [-0.25, -0.2) is 4.79 Å². The topological polar surface area (TPSA) is 244 Å². The Kier molecular flexibility index (Phi) is 61.0. The van der Waals surface area contributed by atoms with Crippen molar-refractivity contribution in [1.29, 1.82) is 0 Å². The van der Waals surface area contributed by atoms with Gasteiger partial charge < -0.3 is 60.7 Å². The molecule has 7 N–H and O–H groups in total. The monoisotopic (exact) mass is 1210 g/mol. The van der Waals surface area contributed by atoms with E-state index in [1.807, 2.05) is 0 Å². The highest BCUT2D eigenvalue weighted by atomic mass is 16.6. The molecule has 0 aromatic carbocycles. The predicted molar refractivity (Wildman–Crippen MR) is 343 cm³/mol. The van der Waals surface area contributed by atoms with E-state index in [2.05, 4.69) is 54.3 Å². The van der Waals surface area contributed by atoms with Gasteiger partial charge in [-0.1, -0.05) is 233 Å². The zero-order valence-corrected chi connectivity index (χ0v) is 55.1. The van der Waals surface area contributed by atoms with Crippen molar-refractivity contribution in [2.24, 2.45) is 5.73 Å². The number of unbranched alkanes of at least 4 members (excludes halogenated alkanes) is 32. The van der Waals surface area contributed by atoms with E-state index in [1.165, 1.54) is 97.0 Å². The predicted octanol–water partition coefficient (Wildman–Crippen LogP) is 11.9. The summed E-state index contributed by atoms with van der Waals surface area (Å²) in [6, 6.07) is 0. The summed E-state index contributed by atoms with van der Waals surface area (Å²) in [4.78, 5) is 86.0. The van der Waals surface area contributed by atoms with Crippen LogP contribution in [0.1, 0.15) is 285 Å². The van der Waals surface area contributed by atoms with Crippen molar-refractivity contribution in [3.8, 4) is 0 Å². The maximum Gasteiger partial charge on any atom is 0.351 e. The fourth-order valence-electron chi connectivity index (χ4n) is 10.1. The van der Waals surface area contributed by atoms with Gasteiger partial charge in [0.2, 0.25) is 12.2 Å². The van der Waals surface area contributed by atoms with Crippen LogP contribution in [0.5, 0.6) is 0 Å². The molecule has 0 spiro atoms. The van der Waals surface area contributed by atoms with Crippen molar-refractivity contribution in [3.63, 3.8) is 0 Å². The standard InChI is InChI=1S/C67H130N6O12/c1-6-10-14-18-22-26-30-34-38-42-58(74)82-62(64(84-60(76)44-40-36-32-28-24-20-16-12-8-3)66(78)73-55-54-72-53-52-71-51-50-70-49-48-69-47-46-68)63(83-59(75)43-39-35-31-27-23-19-15-11-7-2)65(67(79)81-57-56-80-5)85-61(77)45-41-37-33-29-25-21-17-13-9-4/h62-65,69-72H,6-57,68H2,1-5H3,(H,73,78). The van der Waals surface area contributed by atoms with Crippen molar-refractivity contribution >= 4 is 35.8 Å². The van der Waals surface area contributed by atoms with Crippen LogP contribution in [-0.2, 0) is 57.2 Å². The number of amides is 1. The molecule has 0 aromatic heterocycles. The van der Waals surface area contributed by atoms with E-state index in [9.17, 15) is 28.8 Å². The highest BCUT2D eigenvalue weighted by Gasteiger charge is 2.50. The zero-order valence-electron chi connectivity index (χ0n) is 55.1. The number of ether oxygens (including phenoxy) is 6. The number of rotatable bonds is 66. The van der Waals surface area contributed by atoms with Crippen LogP contribution in [0, 0.1) is 0 Å². The van der Waals surface area contributed by atoms with Gasteiger partial charge in [-0.05, 0) is 25.7 Å². The molecule has 0 aromatic rings. The molecular weight excluding hydrogens is 1080 g/mol. The lowest BCUT2D eigenvalue weighted by Crippen LogP contribution is -2.58. The van der Waals surface area contributed by atoms with Crippen molar-refractivity contribution < 1.29 is 57.2 Å². The van der Waals surface area contributed by atoms with Crippen molar-refractivity contribution in [2.45, 2.75) is 309 Å². The lowest BCUT2D eigenvalue weighted by Gasteiger charge is -2.35. The number of nitrogens with one attached hydrogen (secondary N) is 5. The van der Waals surface area contributed by atoms with E-state index >= 15 is 0 Å². The summed E-state index contributed by atoms with van der Waals surface area (Å²) in [5, 5.41) is 16.2. The summed E-state index contributed by atoms with van der Waals surface area (Å²) in [5.74, 6) is -4.92. The third kappa shape index (κ3) is 52.3. The highest BCUT2D eigenvalue weighted by molar-refractivity contribution is 5.86. The second-order valence-corrected chi connectivity index (χ2v) is 23.3. The van der Waals surface area contributed by atoms with Gasteiger partial charge in [0.05, 0.1) is 6.61 Å². The van der Waals surface area contributed by atoms with Gasteiger partial charge in [-0.2, -0.15) is 0 Å². The van der Waals surface area contributed by atoms with Crippen LogP contribution in [0.2, 0.25) is 0 Å². The molecule has 0 rings (SSSR count). The molecule has 1 amide bonds. The minimum atomic E-state index is -2.01. The molecule has 0 heterocycles. The molecule has 500 valence electrons. The van der Waals surface area contributed by atoms with Crippen LogP contribution in [0.15, 0.2) is 0 Å². The van der Waals surface area contributed by atoms with Gasteiger partial charge in [0, 0.05) is 98.2 Å². The van der Waals surface area contributed by atoms with Crippen molar-refractivity contribution in [2.75, 3.05) is 85.8 Å². The van der Waals surface area contributed by atoms with E-state index in [0.29, 0.717) is 51.9 Å². The van der Waals surface area contributed by atoms with Gasteiger partial charge in [0.15, 0.2) is 12.2 Å². The number of hydrogen-bond donors (Lipinski definition) is 6. The summed E-state index contributed by atoms with van der Waals surface area (Å²) < 4.78 is 35.5. The SMILES string of the molecule is CCCCCCCCCCCC(=O)OC(C(=O)NCCNCCNCCNCCNCCN)C(OC(=O)CCCCCCCCCCC)C(OC(=O)CCCCCCCCCCC)C(OC(=O)CCCCCCCCCCC)C(=O)OCCOC. The number of carbonyl (C=O) groups is 6. The summed E-state index contributed by atoms with van der Waals surface area (Å²) >= 11 is 0. The molecule has 0 saturated carbocycles. The second-order valence-electron chi connectivity index (χ2n) is 23.3. The molecule has 4 unspecified atom stereocenters. The first-order chi connectivity index (χ1) is 41.6. The lowest BCUT2D eigenvalue weighted by molar-refractivity contribution is -0.207. The molecule has 0 fully saturated rings. The fourth-order valence-corrected chi connectivity index (χ4v) is 10.1. The number of hydrogen-bond acceptors (Lipinski definition) is 17. The summed E-state index contributed by atoms with van der Waals surface area (Å²) in [5.41, 5.74) is 5.55. The van der Waals surface area contributed by atoms with Gasteiger partial charge >= 0.3 is 29.8 Å². The van der Waals surface area contributed by atoms with Gasteiger partial charge in [-0.15, -0.1) is 0 Å². The third-order valence-electron chi connectivity index (χ3n) is 15.3. The molecule has 0 aliphatic heterocycles. The first-order valence-electron chi connectivity index (χ1n) is 34.8. The molecule has 0 bridgehead atoms. The minimum absolute atomic E-state index is 0.00174. The Morgan fingerprint density at radius 3 is 0.918 bits per heavy atom. The quantitative estimate of drug-likeness (QED) is 0.0188. The van der Waals surface area contributed by atoms with E-state index in [0.717, 1.165) is 148 Å². The maximum atomic E-state index is 14.8. The van der Waals surface area contributed by atoms with E-state index in [-0.39, 0.29) is 45.4 Å². The minimum Gasteiger partial charge on any atom is -0.460 e. The van der Waals surface area contributed by atoms with E-state index < -0.39 is 60.2 Å². The molecule has 18 heteroatoms. The molecule has 85 heavy (non-hydrogen) atoms. The second kappa shape index (κ2) is 63.6. The molecule has 18 nitrogen and oxygen atoms in total. The maximum absolute atomic E-state index is 14.8. The van der Waals surface area contributed by atoms with Gasteiger partial charge in [-0.3, -0.25) is 24.0 Å². The number of nitrogens with two attached hydrogens (primary N) is 1. The zero-order chi connectivity index (χ0) is 62.3. The van der Waals surface area contributed by atoms with Gasteiger partial charge in [0.1, 0.15) is 6.61 Å². The Balaban J connectivity index is 7.15. The molecule has 4 atom stereocenters. The van der Waals surface area contributed by atoms with Gasteiger partial charge in [0.25, 0.3) is 5.91 Å². The lowest BCUT2D eigenvalue weighted by atomic mass is 10.00. The molecule has 0 aliphatic rings. The number of esters is 5. The molecule has 0 aliphatic carbocycles. The molecular formula is C67H130N6O12. The Hall–Kier alpha value is -3.42. The van der Waals surface area contributed by atoms with E-state index in [1.54, 1.807) is 0 Å². The normalized spacial score (nSPS) is 12.8. The highest BCUT2D eigenvalue weighted by Crippen LogP contribution is 2.25. The number of carbonyl (C=O) groups excluding carboxylic acids is 6. The average Bonchev–Trinajstić information content (AvgIpc) is 2.96. The Morgan fingerprint density at radius 2 is 0.600 bits per heavy atom. The number of methoxy groups -OCH3 is 1. The first kappa shape index (κ1) is 81.6. The van der Waals surface area contributed by atoms with E-state index in [4.69, 9.17) is 34.2 Å². The van der Waals surface area contributed by atoms with Crippen LogP contribution in [-0.4, -0.2) is 146 Å². The van der Waals surface area contributed by atoms with Crippen LogP contribution < -0.4 is 32.3 Å². The Bertz CT molecular complexity index is 1560. The first-order valence-corrected chi connectivity index (χ1v) is 34.8. The van der Waals surface area contributed by atoms with Crippen molar-refractivity contribution in [1.82, 2.24) is 26.6 Å². The van der Waals surface area contributed by atoms with Crippen molar-refractivity contribution in [3.05, 3.63) is 0 Å². The van der Waals surface area contributed by atoms with Crippen LogP contribution in [0.3, 0.4) is 0 Å². The summed E-state index contributed by atoms with van der Waals surface area (Å²) in [6.07, 6.45) is 28.2. The summed E-state index contributed by atoms with van der Waals surface area (Å²) in [6.45, 7) is 14.8. The Morgan fingerprint density at radius 1 is 0.329 bits per heavy atom. The smallest absolute Gasteiger partial charge is 0.351 e. The van der Waals surface area contributed by atoms with Crippen LogP contribution >= 0.6 is 0 Å². The third-order valence-corrected chi connectivity index (χ3v) is 15.3. The molecule has 0 radical (unpaired) electrons. The fraction of sp³-hybridized carbons (Fsp3) is 0.910. The summed E-state index contributed by atoms with van der Waals surface area (Å²) in [7, 11) is 1.44. The molecule has 0 saturated heterocycles. The van der Waals surface area contributed by atoms with Crippen LogP contribution in [0.25, 0.3) is 0 Å². The Labute approximate surface area is 518 Å². The van der Waals surface area contributed by atoms with Crippen LogP contribution in [0.4, 0.5) is 0 Å². The largest absolute Gasteiger partial charge is 0.460 e. The average molecular weight is 1210 g/mol.